The maximum absolute atomic E-state index is 11.8. The number of methoxy groups -OCH3 is 1. The Morgan fingerprint density at radius 1 is 1.57 bits per heavy atom. The maximum atomic E-state index is 11.8. The number of ether oxygens (including phenoxy) is 1. The van der Waals surface area contributed by atoms with E-state index in [0.29, 0.717) is 12.4 Å². The van der Waals surface area contributed by atoms with Crippen molar-refractivity contribution in [2.45, 2.75) is 50.9 Å². The summed E-state index contributed by atoms with van der Waals surface area (Å²) >= 11 is 1.78. The van der Waals surface area contributed by atoms with Crippen LogP contribution in [0.1, 0.15) is 50.1 Å². The molecule has 1 fully saturated rings. The van der Waals surface area contributed by atoms with Crippen LogP contribution in [0.2, 0.25) is 0 Å². The van der Waals surface area contributed by atoms with Gasteiger partial charge in [-0.05, 0) is 32.1 Å². The first-order valence-corrected chi connectivity index (χ1v) is 8.46. The molecule has 0 N–H and O–H groups in total. The molecular weight excluding hydrogens is 290 g/mol. The molecule has 0 bridgehead atoms. The summed E-state index contributed by atoms with van der Waals surface area (Å²) in [6, 6.07) is -0.193. The van der Waals surface area contributed by atoms with E-state index in [1.807, 2.05) is 0 Å². The molecule has 0 aliphatic carbocycles. The van der Waals surface area contributed by atoms with Gasteiger partial charge in [0, 0.05) is 0 Å². The van der Waals surface area contributed by atoms with E-state index in [2.05, 4.69) is 28.9 Å². The third-order valence-corrected chi connectivity index (χ3v) is 4.73. The topological polar surface area (TPSA) is 68.5 Å². The fraction of sp³-hybridized carbons (Fsp3) is 0.786. The number of likely N-dealkylation sites (tertiary alicyclic amines) is 1. The number of carbonyl (C=O) groups excluding carboxylic acids is 1. The summed E-state index contributed by atoms with van der Waals surface area (Å²) in [6.07, 6.45) is 2.96. The first kappa shape index (κ1) is 16.3. The average molecular weight is 313 g/mol. The number of hydrogen-bond acceptors (Lipinski definition) is 7. The van der Waals surface area contributed by atoms with Crippen LogP contribution in [-0.4, -0.2) is 46.5 Å². The number of hydrogen-bond donors (Lipinski definition) is 0. The largest absolute Gasteiger partial charge is 0.468 e. The Morgan fingerprint density at radius 2 is 2.38 bits per heavy atom. The first-order valence-electron chi connectivity index (χ1n) is 7.41. The molecule has 0 aromatic carbocycles. The smallest absolute Gasteiger partial charge is 0.323 e. The van der Waals surface area contributed by atoms with E-state index in [-0.39, 0.29) is 17.3 Å². The summed E-state index contributed by atoms with van der Waals surface area (Å²) < 4.78 is 10.2. The third kappa shape index (κ3) is 4.20. The average Bonchev–Trinajstić information content (AvgIpc) is 2.96. The van der Waals surface area contributed by atoms with Crippen molar-refractivity contribution in [3.63, 3.8) is 0 Å². The van der Waals surface area contributed by atoms with Crippen LogP contribution in [0, 0.1) is 0 Å². The molecule has 0 spiro atoms. The van der Waals surface area contributed by atoms with Gasteiger partial charge < -0.3 is 9.26 Å². The molecule has 1 saturated heterocycles. The lowest BCUT2D eigenvalue weighted by Gasteiger charge is -2.32. The summed E-state index contributed by atoms with van der Waals surface area (Å²) in [7, 11) is 1.43. The second kappa shape index (κ2) is 7.79. The second-order valence-corrected chi connectivity index (χ2v) is 6.77. The Hall–Kier alpha value is -1.08. The van der Waals surface area contributed by atoms with Gasteiger partial charge in [-0.2, -0.15) is 16.7 Å². The molecule has 2 heterocycles. The first-order chi connectivity index (χ1) is 10.2. The van der Waals surface area contributed by atoms with Gasteiger partial charge in [-0.1, -0.05) is 18.5 Å². The highest BCUT2D eigenvalue weighted by molar-refractivity contribution is 7.99. The van der Waals surface area contributed by atoms with E-state index in [9.17, 15) is 4.79 Å². The number of thioether (sulfide) groups is 1. The molecule has 1 aliphatic rings. The fourth-order valence-electron chi connectivity index (χ4n) is 2.58. The molecule has 1 aromatic rings. The number of piperidine rings is 1. The minimum atomic E-state index is -0.193. The summed E-state index contributed by atoms with van der Waals surface area (Å²) in [5, 5.41) is 4.27. The predicted octanol–water partition coefficient (Wildman–Crippen LogP) is 2.41. The maximum Gasteiger partial charge on any atom is 0.323 e. The molecule has 0 unspecified atom stereocenters. The number of carbonyl (C=O) groups is 1. The van der Waals surface area contributed by atoms with E-state index in [0.717, 1.165) is 37.4 Å². The Morgan fingerprint density at radius 3 is 3.10 bits per heavy atom. The molecule has 1 aliphatic heterocycles. The molecule has 1 aromatic heterocycles. The molecule has 2 rings (SSSR count). The van der Waals surface area contributed by atoms with Crippen molar-refractivity contribution in [2.24, 2.45) is 0 Å². The highest BCUT2D eigenvalue weighted by Gasteiger charge is 2.30. The lowest BCUT2D eigenvalue weighted by molar-refractivity contribution is -0.148. The normalized spacial score (nSPS) is 21.2. The van der Waals surface area contributed by atoms with Crippen LogP contribution < -0.4 is 0 Å². The van der Waals surface area contributed by atoms with Crippen molar-refractivity contribution in [3.05, 3.63) is 11.7 Å². The molecule has 118 valence electrons. The van der Waals surface area contributed by atoms with Gasteiger partial charge >= 0.3 is 5.97 Å². The van der Waals surface area contributed by atoms with E-state index in [1.165, 1.54) is 7.11 Å². The predicted molar refractivity (Wildman–Crippen MR) is 80.9 cm³/mol. The lowest BCUT2D eigenvalue weighted by Crippen LogP contribution is -2.44. The van der Waals surface area contributed by atoms with Crippen LogP contribution in [0.25, 0.3) is 0 Å². The summed E-state index contributed by atoms with van der Waals surface area (Å²) in [5.41, 5.74) is 0. The van der Waals surface area contributed by atoms with Gasteiger partial charge in [0.1, 0.15) is 6.04 Å². The van der Waals surface area contributed by atoms with Crippen LogP contribution >= 0.6 is 11.8 Å². The SMILES string of the molecule is CCS[C@H](C)c1noc(CN2CCCC[C@@H]2C(=O)OC)n1. The summed E-state index contributed by atoms with van der Waals surface area (Å²) in [4.78, 5) is 18.4. The van der Waals surface area contributed by atoms with Crippen LogP contribution in [0.15, 0.2) is 4.52 Å². The zero-order valence-electron chi connectivity index (χ0n) is 12.9. The second-order valence-electron chi connectivity index (χ2n) is 5.15. The van der Waals surface area contributed by atoms with Crippen molar-refractivity contribution in [1.29, 1.82) is 0 Å². The quantitative estimate of drug-likeness (QED) is 0.747. The van der Waals surface area contributed by atoms with E-state index >= 15 is 0 Å². The molecule has 0 amide bonds. The molecule has 21 heavy (non-hydrogen) atoms. The molecule has 7 heteroatoms. The Bertz CT molecular complexity index is 466. The molecular formula is C14H23N3O3S. The summed E-state index contributed by atoms with van der Waals surface area (Å²) in [5.74, 6) is 2.14. The van der Waals surface area contributed by atoms with Crippen LogP contribution in [0.5, 0.6) is 0 Å². The molecule has 2 atom stereocenters. The third-order valence-electron chi connectivity index (χ3n) is 3.69. The van der Waals surface area contributed by atoms with Crippen molar-refractivity contribution < 1.29 is 14.1 Å². The van der Waals surface area contributed by atoms with Gasteiger partial charge in [-0.15, -0.1) is 0 Å². The van der Waals surface area contributed by atoms with Gasteiger partial charge in [0.05, 0.1) is 18.9 Å². The van der Waals surface area contributed by atoms with Gasteiger partial charge in [0.15, 0.2) is 5.82 Å². The number of nitrogens with zero attached hydrogens (tertiary/aromatic N) is 3. The lowest BCUT2D eigenvalue weighted by atomic mass is 10.0. The van der Waals surface area contributed by atoms with E-state index in [1.54, 1.807) is 11.8 Å². The summed E-state index contributed by atoms with van der Waals surface area (Å²) in [6.45, 7) is 5.55. The minimum absolute atomic E-state index is 0.177. The van der Waals surface area contributed by atoms with Gasteiger partial charge in [-0.3, -0.25) is 9.69 Å². The Kier molecular flexibility index (Phi) is 6.05. The highest BCUT2D eigenvalue weighted by Crippen LogP contribution is 2.26. The highest BCUT2D eigenvalue weighted by atomic mass is 32.2. The van der Waals surface area contributed by atoms with Crippen molar-refractivity contribution in [3.8, 4) is 0 Å². The van der Waals surface area contributed by atoms with Gasteiger partial charge in [0.25, 0.3) is 0 Å². The Labute approximate surface area is 129 Å². The Balaban J connectivity index is 2.00. The molecule has 0 saturated carbocycles. The number of aromatic nitrogens is 2. The van der Waals surface area contributed by atoms with Crippen LogP contribution in [0.4, 0.5) is 0 Å². The van der Waals surface area contributed by atoms with Crippen LogP contribution in [0.3, 0.4) is 0 Å². The van der Waals surface area contributed by atoms with E-state index < -0.39 is 0 Å². The molecule has 0 radical (unpaired) electrons. The monoisotopic (exact) mass is 313 g/mol. The number of rotatable bonds is 6. The minimum Gasteiger partial charge on any atom is -0.468 e. The fourth-order valence-corrected chi connectivity index (χ4v) is 3.32. The van der Waals surface area contributed by atoms with Crippen molar-refractivity contribution in [2.75, 3.05) is 19.4 Å². The van der Waals surface area contributed by atoms with Crippen molar-refractivity contribution in [1.82, 2.24) is 15.0 Å². The van der Waals surface area contributed by atoms with Crippen LogP contribution in [-0.2, 0) is 16.1 Å². The zero-order chi connectivity index (χ0) is 15.2. The van der Waals surface area contributed by atoms with Gasteiger partial charge in [-0.25, -0.2) is 0 Å². The zero-order valence-corrected chi connectivity index (χ0v) is 13.7. The van der Waals surface area contributed by atoms with E-state index in [4.69, 9.17) is 9.26 Å². The van der Waals surface area contributed by atoms with Gasteiger partial charge in [0.2, 0.25) is 5.89 Å². The molecule has 6 nitrogen and oxygen atoms in total. The standard InChI is InChI=1S/C14H23N3O3S/c1-4-21-10(2)13-15-12(20-16-13)9-17-8-6-5-7-11(17)14(18)19-3/h10-11H,4-9H2,1-3H3/t10-,11-/m1/s1. The number of esters is 1. The van der Waals surface area contributed by atoms with Crippen molar-refractivity contribution >= 4 is 17.7 Å².